The van der Waals surface area contributed by atoms with Gasteiger partial charge in [0.15, 0.2) is 0 Å². The van der Waals surface area contributed by atoms with E-state index in [1.165, 1.54) is 23.5 Å². The van der Waals surface area contributed by atoms with E-state index in [2.05, 4.69) is 20.3 Å². The summed E-state index contributed by atoms with van der Waals surface area (Å²) in [5, 5.41) is 4.80. The lowest BCUT2D eigenvalue weighted by atomic mass is 10.1. The fraction of sp³-hybridized carbons (Fsp3) is 0.188. The van der Waals surface area contributed by atoms with Crippen LogP contribution in [0.25, 0.3) is 10.6 Å². The van der Waals surface area contributed by atoms with Gasteiger partial charge in [0.25, 0.3) is 5.91 Å². The molecular formula is C16H13F3N4OS. The van der Waals surface area contributed by atoms with Crippen LogP contribution in [-0.2, 0) is 6.18 Å². The molecule has 2 heterocycles. The van der Waals surface area contributed by atoms with Crippen LogP contribution in [0.15, 0.2) is 42.0 Å². The van der Waals surface area contributed by atoms with Crippen LogP contribution < -0.4 is 5.32 Å². The predicted molar refractivity (Wildman–Crippen MR) is 87.0 cm³/mol. The van der Waals surface area contributed by atoms with Crippen molar-refractivity contribution in [3.8, 4) is 10.6 Å². The number of hydrogen-bond acceptors (Lipinski definition) is 4. The average Bonchev–Trinajstić information content (AvgIpc) is 3.26. The molecule has 3 aromatic rings. The molecule has 0 unspecified atom stereocenters. The highest BCUT2D eigenvalue weighted by molar-refractivity contribution is 7.13. The predicted octanol–water partition coefficient (Wildman–Crippen LogP) is 4.04. The van der Waals surface area contributed by atoms with E-state index in [1.807, 2.05) is 0 Å². The minimum atomic E-state index is -4.38. The molecule has 0 fully saturated rings. The van der Waals surface area contributed by atoms with Crippen molar-refractivity contribution in [2.45, 2.75) is 19.1 Å². The molecule has 0 saturated heterocycles. The number of hydrogen-bond donors (Lipinski definition) is 2. The second-order valence-corrected chi connectivity index (χ2v) is 6.14. The van der Waals surface area contributed by atoms with Gasteiger partial charge in [-0.15, -0.1) is 11.3 Å². The van der Waals surface area contributed by atoms with Crippen LogP contribution in [0, 0.1) is 0 Å². The van der Waals surface area contributed by atoms with Crippen LogP contribution in [-0.4, -0.2) is 20.9 Å². The smallest absolute Gasteiger partial charge is 0.347 e. The number of thiazole rings is 1. The maximum atomic E-state index is 12.6. The highest BCUT2D eigenvalue weighted by atomic mass is 32.1. The highest BCUT2D eigenvalue weighted by Crippen LogP contribution is 2.31. The quantitative estimate of drug-likeness (QED) is 0.732. The molecule has 25 heavy (non-hydrogen) atoms. The van der Waals surface area contributed by atoms with Crippen LogP contribution in [0.4, 0.5) is 13.2 Å². The largest absolute Gasteiger partial charge is 0.416 e. The molecule has 5 nitrogen and oxygen atoms in total. The Morgan fingerprint density at radius 2 is 2.00 bits per heavy atom. The lowest BCUT2D eigenvalue weighted by Gasteiger charge is -2.09. The standard InChI is InChI=1S/C16H13F3N4OS/c1-9(13-20-6-7-21-13)22-14(24)12-8-25-15(23-12)10-2-4-11(5-3-10)16(17,18)19/h2-9H,1H3,(H,20,21)(H,22,24)/t9-/m1/s1. The van der Waals surface area contributed by atoms with Crippen molar-refractivity contribution >= 4 is 17.2 Å². The number of imidazole rings is 1. The summed E-state index contributed by atoms with van der Waals surface area (Å²) >= 11 is 1.19. The summed E-state index contributed by atoms with van der Waals surface area (Å²) in [6.07, 6.45) is -1.14. The van der Waals surface area contributed by atoms with Crippen molar-refractivity contribution in [2.24, 2.45) is 0 Å². The minimum absolute atomic E-state index is 0.207. The molecule has 2 aromatic heterocycles. The summed E-state index contributed by atoms with van der Waals surface area (Å²) in [6.45, 7) is 1.78. The summed E-state index contributed by atoms with van der Waals surface area (Å²) in [6, 6.07) is 4.35. The zero-order valence-electron chi connectivity index (χ0n) is 13.0. The van der Waals surface area contributed by atoms with E-state index in [-0.39, 0.29) is 17.6 Å². The number of halogens is 3. The molecule has 130 valence electrons. The molecule has 1 amide bonds. The van der Waals surface area contributed by atoms with Gasteiger partial charge in [-0.1, -0.05) is 12.1 Å². The van der Waals surface area contributed by atoms with Gasteiger partial charge in [0.1, 0.15) is 16.5 Å². The van der Waals surface area contributed by atoms with Gasteiger partial charge in [-0.25, -0.2) is 9.97 Å². The van der Waals surface area contributed by atoms with E-state index < -0.39 is 11.7 Å². The number of aromatic amines is 1. The number of benzene rings is 1. The lowest BCUT2D eigenvalue weighted by molar-refractivity contribution is -0.137. The lowest BCUT2D eigenvalue weighted by Crippen LogP contribution is -2.27. The molecule has 0 aliphatic carbocycles. The number of rotatable bonds is 4. The maximum absolute atomic E-state index is 12.6. The number of nitrogens with zero attached hydrogens (tertiary/aromatic N) is 2. The molecule has 1 atom stereocenters. The van der Waals surface area contributed by atoms with E-state index in [9.17, 15) is 18.0 Å². The van der Waals surface area contributed by atoms with Gasteiger partial charge in [-0.2, -0.15) is 13.2 Å². The summed E-state index contributed by atoms with van der Waals surface area (Å²) in [5.74, 6) is 0.241. The van der Waals surface area contributed by atoms with Gasteiger partial charge in [0, 0.05) is 23.3 Å². The highest BCUT2D eigenvalue weighted by Gasteiger charge is 2.30. The van der Waals surface area contributed by atoms with Crippen molar-refractivity contribution in [3.63, 3.8) is 0 Å². The maximum Gasteiger partial charge on any atom is 0.416 e. The Bertz CT molecular complexity index is 856. The van der Waals surface area contributed by atoms with Gasteiger partial charge >= 0.3 is 6.18 Å². The Hall–Kier alpha value is -2.68. The van der Waals surface area contributed by atoms with Gasteiger partial charge in [-0.05, 0) is 19.1 Å². The SMILES string of the molecule is C[C@@H](NC(=O)c1csc(-c2ccc(C(F)(F)F)cc2)n1)c1ncc[nH]1. The minimum Gasteiger partial charge on any atom is -0.347 e. The van der Waals surface area contributed by atoms with Crippen LogP contribution >= 0.6 is 11.3 Å². The normalized spacial score (nSPS) is 12.8. The first-order valence-electron chi connectivity index (χ1n) is 7.28. The molecule has 0 aliphatic rings. The molecule has 3 rings (SSSR count). The molecule has 2 N–H and O–H groups in total. The van der Waals surface area contributed by atoms with Crippen molar-refractivity contribution in [2.75, 3.05) is 0 Å². The third kappa shape index (κ3) is 3.87. The molecule has 0 radical (unpaired) electrons. The summed E-state index contributed by atoms with van der Waals surface area (Å²) < 4.78 is 37.8. The van der Waals surface area contributed by atoms with Crippen molar-refractivity contribution in [3.05, 3.63) is 59.1 Å². The molecule has 1 aromatic carbocycles. The Balaban J connectivity index is 1.72. The molecule has 0 aliphatic heterocycles. The number of aromatic nitrogens is 3. The number of nitrogens with one attached hydrogen (secondary N) is 2. The third-order valence-electron chi connectivity index (χ3n) is 3.47. The number of carbonyl (C=O) groups excluding carboxylic acids is 1. The van der Waals surface area contributed by atoms with E-state index in [0.29, 0.717) is 16.4 Å². The van der Waals surface area contributed by atoms with Crippen molar-refractivity contribution < 1.29 is 18.0 Å². The third-order valence-corrected chi connectivity index (χ3v) is 4.36. The Labute approximate surface area is 145 Å². The molecule has 9 heteroatoms. The van der Waals surface area contributed by atoms with E-state index in [1.54, 1.807) is 24.7 Å². The first kappa shape index (κ1) is 17.2. The first-order chi connectivity index (χ1) is 11.8. The van der Waals surface area contributed by atoms with Crippen LogP contribution in [0.1, 0.15) is 34.8 Å². The second kappa shape index (κ2) is 6.67. The van der Waals surface area contributed by atoms with E-state index in [0.717, 1.165) is 12.1 Å². The molecule has 0 bridgehead atoms. The zero-order valence-corrected chi connectivity index (χ0v) is 13.8. The summed E-state index contributed by atoms with van der Waals surface area (Å²) in [4.78, 5) is 23.4. The van der Waals surface area contributed by atoms with Crippen LogP contribution in [0.2, 0.25) is 0 Å². The zero-order chi connectivity index (χ0) is 18.0. The topological polar surface area (TPSA) is 70.7 Å². The Kier molecular flexibility index (Phi) is 4.58. The van der Waals surface area contributed by atoms with Crippen LogP contribution in [0.5, 0.6) is 0 Å². The fourth-order valence-electron chi connectivity index (χ4n) is 2.17. The van der Waals surface area contributed by atoms with Crippen molar-refractivity contribution in [1.29, 1.82) is 0 Å². The van der Waals surface area contributed by atoms with E-state index >= 15 is 0 Å². The Morgan fingerprint density at radius 3 is 2.60 bits per heavy atom. The van der Waals surface area contributed by atoms with Gasteiger partial charge in [0.05, 0.1) is 11.6 Å². The average molecular weight is 366 g/mol. The Morgan fingerprint density at radius 1 is 1.28 bits per heavy atom. The van der Waals surface area contributed by atoms with Crippen LogP contribution in [0.3, 0.4) is 0 Å². The van der Waals surface area contributed by atoms with Gasteiger partial charge < -0.3 is 10.3 Å². The van der Waals surface area contributed by atoms with E-state index in [4.69, 9.17) is 0 Å². The number of alkyl halides is 3. The summed E-state index contributed by atoms with van der Waals surface area (Å²) in [7, 11) is 0. The summed E-state index contributed by atoms with van der Waals surface area (Å²) in [5.41, 5.74) is 0.00693. The number of amides is 1. The van der Waals surface area contributed by atoms with Gasteiger partial charge in [0.2, 0.25) is 0 Å². The molecule has 0 saturated carbocycles. The number of H-pyrrole nitrogens is 1. The van der Waals surface area contributed by atoms with Crippen molar-refractivity contribution in [1.82, 2.24) is 20.3 Å². The first-order valence-corrected chi connectivity index (χ1v) is 8.16. The van der Waals surface area contributed by atoms with Gasteiger partial charge in [-0.3, -0.25) is 4.79 Å². The molecular weight excluding hydrogens is 353 g/mol. The number of carbonyl (C=O) groups is 1. The second-order valence-electron chi connectivity index (χ2n) is 5.28. The monoisotopic (exact) mass is 366 g/mol. The molecule has 0 spiro atoms. The fourth-order valence-corrected chi connectivity index (χ4v) is 2.97.